The molecule has 2 aromatic carbocycles. The van der Waals surface area contributed by atoms with Crippen molar-refractivity contribution in [2.75, 3.05) is 0 Å². The Morgan fingerprint density at radius 2 is 0.833 bits per heavy atom. The third-order valence-corrected chi connectivity index (χ3v) is 3.27. The molecule has 0 aliphatic carbocycles. The van der Waals surface area contributed by atoms with Crippen LogP contribution in [-0.2, 0) is 19.2 Å². The highest BCUT2D eigenvalue weighted by Crippen LogP contribution is 2.10. The van der Waals surface area contributed by atoms with Crippen LogP contribution < -0.4 is 10.4 Å². The standard InChI is InChI=1S/C16H10O8/c17-13(18)11(14(19)20)9-3-1-7-5-10(4-2-8(7)6-9)12(15(21)22)16(23)24/h1-6H,(H,17,18)(H,19,20)(H,21,22)(H,23,24). The third-order valence-electron chi connectivity index (χ3n) is 3.27. The maximum absolute atomic E-state index is 11.0. The Labute approximate surface area is 133 Å². The van der Waals surface area contributed by atoms with Crippen LogP contribution in [0.2, 0.25) is 0 Å². The zero-order valence-electron chi connectivity index (χ0n) is 11.9. The van der Waals surface area contributed by atoms with Crippen molar-refractivity contribution in [3.8, 4) is 0 Å². The van der Waals surface area contributed by atoms with Gasteiger partial charge in [-0.15, -0.1) is 0 Å². The van der Waals surface area contributed by atoms with Gasteiger partial charge in [0.2, 0.25) is 0 Å². The zero-order valence-corrected chi connectivity index (χ0v) is 11.9. The molecular weight excluding hydrogens is 320 g/mol. The summed E-state index contributed by atoms with van der Waals surface area (Å²) >= 11 is 0. The highest BCUT2D eigenvalue weighted by molar-refractivity contribution is 6.36. The highest BCUT2D eigenvalue weighted by atomic mass is 16.4. The molecule has 8 nitrogen and oxygen atoms in total. The normalized spacial score (nSPS) is 10.2. The van der Waals surface area contributed by atoms with Gasteiger partial charge in [-0.1, -0.05) is 24.3 Å². The van der Waals surface area contributed by atoms with E-state index in [1.54, 1.807) is 0 Å². The van der Waals surface area contributed by atoms with Crippen molar-refractivity contribution in [1.29, 1.82) is 0 Å². The minimum atomic E-state index is -1.59. The van der Waals surface area contributed by atoms with Crippen LogP contribution in [0.1, 0.15) is 0 Å². The predicted octanol–water partition coefficient (Wildman–Crippen LogP) is -0.520. The molecule has 24 heavy (non-hydrogen) atoms. The first-order valence-corrected chi connectivity index (χ1v) is 6.44. The third kappa shape index (κ3) is 3.07. The number of aliphatic carboxylic acids is 4. The summed E-state index contributed by atoms with van der Waals surface area (Å²) in [5.74, 6) is -6.37. The van der Waals surface area contributed by atoms with Gasteiger partial charge in [0.05, 0.1) is 0 Å². The molecule has 0 amide bonds. The monoisotopic (exact) mass is 330 g/mol. The molecule has 0 heterocycles. The average molecular weight is 330 g/mol. The van der Waals surface area contributed by atoms with Crippen molar-refractivity contribution in [3.63, 3.8) is 0 Å². The lowest BCUT2D eigenvalue weighted by Crippen LogP contribution is -2.21. The summed E-state index contributed by atoms with van der Waals surface area (Å²) in [6.45, 7) is 0. The number of fused-ring (bicyclic) bond motifs is 1. The quantitative estimate of drug-likeness (QED) is 0.547. The van der Waals surface area contributed by atoms with Crippen LogP contribution in [0.25, 0.3) is 21.9 Å². The van der Waals surface area contributed by atoms with Gasteiger partial charge >= 0.3 is 23.9 Å². The van der Waals surface area contributed by atoms with E-state index in [-0.39, 0.29) is 10.4 Å². The van der Waals surface area contributed by atoms with E-state index in [1.165, 1.54) is 36.4 Å². The van der Waals surface area contributed by atoms with Crippen molar-refractivity contribution in [2.45, 2.75) is 0 Å². The molecule has 0 aromatic heterocycles. The number of hydrogen-bond acceptors (Lipinski definition) is 4. The van der Waals surface area contributed by atoms with Crippen LogP contribution in [-0.4, -0.2) is 44.3 Å². The summed E-state index contributed by atoms with van der Waals surface area (Å²) in [5.41, 5.74) is -1.60. The number of carbonyl (C=O) groups is 4. The maximum Gasteiger partial charge on any atom is 0.343 e. The van der Waals surface area contributed by atoms with Gasteiger partial charge in [0.25, 0.3) is 0 Å². The Kier molecular flexibility index (Phi) is 4.32. The van der Waals surface area contributed by atoms with Crippen molar-refractivity contribution < 1.29 is 39.6 Å². The lowest BCUT2D eigenvalue weighted by atomic mass is 10.0. The fraction of sp³-hybridized carbons (Fsp3) is 0. The molecule has 122 valence electrons. The van der Waals surface area contributed by atoms with E-state index in [9.17, 15) is 19.2 Å². The van der Waals surface area contributed by atoms with E-state index in [2.05, 4.69) is 0 Å². The topological polar surface area (TPSA) is 149 Å². The fourth-order valence-electron chi connectivity index (χ4n) is 2.23. The van der Waals surface area contributed by atoms with Crippen LogP contribution in [0.15, 0.2) is 36.4 Å². The molecule has 0 radical (unpaired) electrons. The average Bonchev–Trinajstić information content (AvgIpc) is 2.45. The van der Waals surface area contributed by atoms with Gasteiger partial charge in [0.1, 0.15) is 0 Å². The molecule has 0 aliphatic rings. The van der Waals surface area contributed by atoms with Crippen molar-refractivity contribution in [2.24, 2.45) is 0 Å². The molecule has 8 heteroatoms. The van der Waals surface area contributed by atoms with E-state index in [0.717, 1.165) is 0 Å². The SMILES string of the molecule is O=C(O)C(C(=O)O)=c1ccc2cc(=C(C(=O)O)C(=O)O)ccc2c1. The Morgan fingerprint density at radius 3 is 1.08 bits per heavy atom. The van der Waals surface area contributed by atoms with Crippen LogP contribution in [0.3, 0.4) is 0 Å². The van der Waals surface area contributed by atoms with Crippen molar-refractivity contribution >= 4 is 45.8 Å². The smallest absolute Gasteiger partial charge is 0.343 e. The van der Waals surface area contributed by atoms with Gasteiger partial charge in [0.15, 0.2) is 11.1 Å². The first kappa shape index (κ1) is 16.7. The second kappa shape index (κ2) is 6.21. The molecule has 0 unspecified atom stereocenters. The second-order valence-electron chi connectivity index (χ2n) is 4.75. The van der Waals surface area contributed by atoms with E-state index in [4.69, 9.17) is 20.4 Å². The van der Waals surface area contributed by atoms with E-state index in [0.29, 0.717) is 10.8 Å². The summed E-state index contributed by atoms with van der Waals surface area (Å²) in [5, 5.41) is 36.6. The molecular formula is C16H10O8. The number of carboxylic acids is 4. The molecule has 2 aromatic rings. The first-order valence-electron chi connectivity index (χ1n) is 6.44. The Balaban J connectivity index is 2.83. The molecule has 4 N–H and O–H groups in total. The lowest BCUT2D eigenvalue weighted by molar-refractivity contribution is -0.138. The van der Waals surface area contributed by atoms with Gasteiger partial charge in [0, 0.05) is 0 Å². The molecule has 2 rings (SSSR count). The maximum atomic E-state index is 11.0. The highest BCUT2D eigenvalue weighted by Gasteiger charge is 2.18. The molecule has 0 aliphatic heterocycles. The number of benzene rings is 2. The fourth-order valence-corrected chi connectivity index (χ4v) is 2.23. The lowest BCUT2D eigenvalue weighted by Gasteiger charge is -2.01. The largest absolute Gasteiger partial charge is 0.477 e. The van der Waals surface area contributed by atoms with Crippen LogP contribution >= 0.6 is 0 Å². The summed E-state index contributed by atoms with van der Waals surface area (Å²) < 4.78 is 0. The first-order chi connectivity index (χ1) is 11.2. The predicted molar refractivity (Wildman–Crippen MR) is 80.6 cm³/mol. The van der Waals surface area contributed by atoms with Gasteiger partial charge in [-0.05, 0) is 33.3 Å². The minimum Gasteiger partial charge on any atom is -0.477 e. The number of hydrogen-bond donors (Lipinski definition) is 4. The van der Waals surface area contributed by atoms with Gasteiger partial charge in [-0.3, -0.25) is 0 Å². The van der Waals surface area contributed by atoms with Crippen molar-refractivity contribution in [1.82, 2.24) is 0 Å². The number of rotatable bonds is 4. The summed E-state index contributed by atoms with van der Waals surface area (Å²) in [6, 6.07) is 7.92. The van der Waals surface area contributed by atoms with E-state index >= 15 is 0 Å². The molecule has 0 saturated heterocycles. The molecule has 0 atom stereocenters. The van der Waals surface area contributed by atoms with Crippen molar-refractivity contribution in [3.05, 3.63) is 46.8 Å². The summed E-state index contributed by atoms with van der Waals surface area (Å²) in [7, 11) is 0. The molecule has 0 saturated carbocycles. The van der Waals surface area contributed by atoms with E-state index < -0.39 is 35.0 Å². The Morgan fingerprint density at radius 1 is 0.542 bits per heavy atom. The van der Waals surface area contributed by atoms with Gasteiger partial charge in [-0.25, -0.2) is 19.2 Å². The van der Waals surface area contributed by atoms with Crippen LogP contribution in [0.4, 0.5) is 0 Å². The second-order valence-corrected chi connectivity index (χ2v) is 4.75. The van der Waals surface area contributed by atoms with Crippen LogP contribution in [0, 0.1) is 0 Å². The van der Waals surface area contributed by atoms with Crippen LogP contribution in [0.5, 0.6) is 0 Å². The van der Waals surface area contributed by atoms with E-state index in [1.807, 2.05) is 0 Å². The van der Waals surface area contributed by atoms with Gasteiger partial charge in [-0.2, -0.15) is 0 Å². The summed E-state index contributed by atoms with van der Waals surface area (Å²) in [4.78, 5) is 44.1. The molecule has 0 bridgehead atoms. The minimum absolute atomic E-state index is 0.0316. The van der Waals surface area contributed by atoms with Gasteiger partial charge < -0.3 is 20.4 Å². The molecule has 0 spiro atoms. The number of carboxylic acid groups (broad SMARTS) is 4. The zero-order chi connectivity index (χ0) is 18.0. The Hall–Kier alpha value is -3.68. The Bertz CT molecular complexity index is 901. The summed E-state index contributed by atoms with van der Waals surface area (Å²) in [6.07, 6.45) is 0. The molecule has 0 fully saturated rings.